The van der Waals surface area contributed by atoms with E-state index in [4.69, 9.17) is 0 Å². The fourth-order valence-electron chi connectivity index (χ4n) is 5.64. The first-order valence-electron chi connectivity index (χ1n) is 11.8. The van der Waals surface area contributed by atoms with Crippen LogP contribution in [-0.4, -0.2) is 84.6 Å². The molecule has 1 aromatic rings. The van der Waals surface area contributed by atoms with Gasteiger partial charge in [-0.2, -0.15) is 0 Å². The lowest BCUT2D eigenvalue weighted by Gasteiger charge is -2.38. The van der Waals surface area contributed by atoms with Gasteiger partial charge in [0.2, 0.25) is 11.8 Å². The average molecular weight is 489 g/mol. The summed E-state index contributed by atoms with van der Waals surface area (Å²) in [7, 11) is -3.09. The topological polar surface area (TPSA) is 133 Å². The molecule has 0 radical (unpaired) electrons. The number of imide groups is 2. The number of amides is 4. The minimum Gasteiger partial charge on any atom is -0.317 e. The molecule has 2 N–H and O–H groups in total. The maximum Gasteiger partial charge on any atom is 0.262 e. The second-order valence-corrected chi connectivity index (χ2v) is 11.7. The summed E-state index contributed by atoms with van der Waals surface area (Å²) in [4.78, 5) is 53.7. The quantitative estimate of drug-likeness (QED) is 0.546. The third-order valence-corrected chi connectivity index (χ3v) is 9.11. The van der Waals surface area contributed by atoms with Crippen LogP contribution in [0.4, 0.5) is 0 Å². The molecule has 3 fully saturated rings. The van der Waals surface area contributed by atoms with E-state index in [1.807, 2.05) is 0 Å². The van der Waals surface area contributed by atoms with Crippen LogP contribution in [0.15, 0.2) is 18.2 Å². The van der Waals surface area contributed by atoms with Crippen molar-refractivity contribution in [2.45, 2.75) is 56.8 Å². The number of sulfone groups is 1. The third-order valence-electron chi connectivity index (χ3n) is 7.36. The normalized spacial score (nSPS) is 27.4. The number of piperidine rings is 2. The van der Waals surface area contributed by atoms with E-state index >= 15 is 0 Å². The number of nitrogens with zero attached hydrogens (tertiary/aromatic N) is 2. The van der Waals surface area contributed by atoms with Gasteiger partial charge in [-0.25, -0.2) is 8.42 Å². The Morgan fingerprint density at radius 2 is 1.74 bits per heavy atom. The molecule has 4 heterocycles. The van der Waals surface area contributed by atoms with E-state index in [0.29, 0.717) is 18.5 Å². The molecule has 34 heavy (non-hydrogen) atoms. The Morgan fingerprint density at radius 1 is 0.971 bits per heavy atom. The number of carbonyl (C=O) groups is 4. The Labute approximate surface area is 198 Å². The maximum absolute atomic E-state index is 13.5. The number of hydrogen-bond donors (Lipinski definition) is 2. The number of hydrogen-bond acceptors (Lipinski definition) is 8. The molecule has 5 rings (SSSR count). The molecule has 4 aliphatic rings. The Balaban J connectivity index is 1.45. The van der Waals surface area contributed by atoms with Gasteiger partial charge in [0, 0.05) is 25.0 Å². The number of carbonyl (C=O) groups excluding carboxylic acids is 4. The highest BCUT2D eigenvalue weighted by atomic mass is 32.2. The molecule has 10 nitrogen and oxygen atoms in total. The Morgan fingerprint density at radius 3 is 2.41 bits per heavy atom. The molecular formula is C23H28N4O6S. The largest absolute Gasteiger partial charge is 0.317 e. The zero-order chi connectivity index (χ0) is 24.0. The van der Waals surface area contributed by atoms with E-state index in [1.54, 1.807) is 18.2 Å². The van der Waals surface area contributed by atoms with Crippen LogP contribution >= 0.6 is 0 Å². The number of rotatable bonds is 5. The van der Waals surface area contributed by atoms with E-state index in [-0.39, 0.29) is 47.6 Å². The summed E-state index contributed by atoms with van der Waals surface area (Å²) >= 11 is 0. The highest BCUT2D eigenvalue weighted by molar-refractivity contribution is 7.91. The molecule has 0 aliphatic carbocycles. The summed E-state index contributed by atoms with van der Waals surface area (Å²) in [5, 5.41) is 5.55. The highest BCUT2D eigenvalue weighted by Crippen LogP contribution is 2.33. The van der Waals surface area contributed by atoms with Crippen molar-refractivity contribution >= 4 is 33.5 Å². The monoisotopic (exact) mass is 488 g/mol. The van der Waals surface area contributed by atoms with Gasteiger partial charge in [-0.05, 0) is 50.4 Å². The molecule has 2 atom stereocenters. The molecule has 0 spiro atoms. The van der Waals surface area contributed by atoms with Gasteiger partial charge in [-0.1, -0.05) is 12.1 Å². The summed E-state index contributed by atoms with van der Waals surface area (Å²) in [5.41, 5.74) is 1.18. The minimum absolute atomic E-state index is 0.0658. The van der Waals surface area contributed by atoms with Gasteiger partial charge in [0.15, 0.2) is 9.84 Å². The van der Waals surface area contributed by atoms with Gasteiger partial charge in [0.1, 0.15) is 6.04 Å². The van der Waals surface area contributed by atoms with Crippen LogP contribution in [0.1, 0.15) is 58.4 Å². The first-order valence-corrected chi connectivity index (χ1v) is 13.6. The van der Waals surface area contributed by atoms with Crippen LogP contribution < -0.4 is 10.6 Å². The van der Waals surface area contributed by atoms with Crippen molar-refractivity contribution in [1.29, 1.82) is 0 Å². The summed E-state index contributed by atoms with van der Waals surface area (Å²) in [6.07, 6.45) is 2.47. The summed E-state index contributed by atoms with van der Waals surface area (Å²) in [6, 6.07) is 4.13. The minimum atomic E-state index is -3.09. The summed E-state index contributed by atoms with van der Waals surface area (Å²) in [6.45, 7) is 2.04. The van der Waals surface area contributed by atoms with Gasteiger partial charge < -0.3 is 5.32 Å². The Hall–Kier alpha value is -2.63. The lowest BCUT2D eigenvalue weighted by atomic mass is 9.97. The molecule has 0 bridgehead atoms. The van der Waals surface area contributed by atoms with Crippen molar-refractivity contribution in [1.82, 2.24) is 20.4 Å². The molecular weight excluding hydrogens is 460 g/mol. The molecule has 0 saturated carbocycles. The van der Waals surface area contributed by atoms with Crippen molar-refractivity contribution in [3.8, 4) is 0 Å². The highest BCUT2D eigenvalue weighted by Gasteiger charge is 2.46. The lowest BCUT2D eigenvalue weighted by molar-refractivity contribution is -0.136. The van der Waals surface area contributed by atoms with Gasteiger partial charge >= 0.3 is 0 Å². The van der Waals surface area contributed by atoms with Crippen LogP contribution in [0.2, 0.25) is 0 Å². The molecule has 1 aromatic carbocycles. The van der Waals surface area contributed by atoms with E-state index in [2.05, 4.69) is 15.5 Å². The fourth-order valence-corrected chi connectivity index (χ4v) is 7.39. The van der Waals surface area contributed by atoms with E-state index in [0.717, 1.165) is 30.8 Å². The zero-order valence-corrected chi connectivity index (χ0v) is 19.6. The maximum atomic E-state index is 13.5. The predicted molar refractivity (Wildman–Crippen MR) is 122 cm³/mol. The second kappa shape index (κ2) is 8.86. The molecule has 4 amide bonds. The van der Waals surface area contributed by atoms with Crippen molar-refractivity contribution in [3.63, 3.8) is 0 Å². The van der Waals surface area contributed by atoms with Crippen molar-refractivity contribution in [3.05, 3.63) is 34.9 Å². The van der Waals surface area contributed by atoms with Crippen LogP contribution in [0.5, 0.6) is 0 Å². The number of fused-ring (bicyclic) bond motifs is 1. The molecule has 3 saturated heterocycles. The summed E-state index contributed by atoms with van der Waals surface area (Å²) in [5.74, 6) is -1.86. The Bertz CT molecular complexity index is 1160. The van der Waals surface area contributed by atoms with Crippen molar-refractivity contribution < 1.29 is 27.6 Å². The molecule has 4 aliphatic heterocycles. The third kappa shape index (κ3) is 4.16. The second-order valence-electron chi connectivity index (χ2n) is 9.50. The van der Waals surface area contributed by atoms with Crippen molar-refractivity contribution in [2.75, 3.05) is 24.6 Å². The summed E-state index contributed by atoms with van der Waals surface area (Å²) < 4.78 is 24.5. The first kappa shape index (κ1) is 23.1. The SMILES string of the molecule is O=C1CCC(N2C(=O)c3cccc(CN(C4CCNCC4)C4CCS(=O)(=O)C4)c3C2=O)C(=O)N1. The molecule has 2 unspecified atom stereocenters. The average Bonchev–Trinajstić information content (AvgIpc) is 3.29. The van der Waals surface area contributed by atoms with E-state index < -0.39 is 39.5 Å². The van der Waals surface area contributed by atoms with Crippen LogP contribution in [-0.2, 0) is 26.0 Å². The molecule has 0 aromatic heterocycles. The van der Waals surface area contributed by atoms with Crippen molar-refractivity contribution in [2.24, 2.45) is 0 Å². The Kier molecular flexibility index (Phi) is 6.03. The number of nitrogens with one attached hydrogen (secondary N) is 2. The fraction of sp³-hybridized carbons (Fsp3) is 0.565. The zero-order valence-electron chi connectivity index (χ0n) is 18.8. The number of benzene rings is 1. The van der Waals surface area contributed by atoms with Gasteiger partial charge in [-0.15, -0.1) is 0 Å². The lowest BCUT2D eigenvalue weighted by Crippen LogP contribution is -2.54. The van der Waals surface area contributed by atoms with E-state index in [1.165, 1.54) is 0 Å². The van der Waals surface area contributed by atoms with Gasteiger partial charge in [-0.3, -0.25) is 34.3 Å². The van der Waals surface area contributed by atoms with Crippen LogP contribution in [0.25, 0.3) is 0 Å². The van der Waals surface area contributed by atoms with Gasteiger partial charge in [0.25, 0.3) is 11.8 Å². The van der Waals surface area contributed by atoms with Crippen LogP contribution in [0, 0.1) is 0 Å². The smallest absolute Gasteiger partial charge is 0.262 e. The molecule has 182 valence electrons. The van der Waals surface area contributed by atoms with E-state index in [9.17, 15) is 27.6 Å². The van der Waals surface area contributed by atoms with Crippen LogP contribution in [0.3, 0.4) is 0 Å². The van der Waals surface area contributed by atoms with Gasteiger partial charge in [0.05, 0.1) is 22.6 Å². The standard InChI is InChI=1S/C23H28N4O6S/c28-19-5-4-18(21(29)25-19)27-22(30)17-3-1-2-14(20(17)23(27)31)12-26(15-6-9-24-10-7-15)16-8-11-34(32,33)13-16/h1-3,15-16,18,24H,4-13H2,(H,25,28,29). The predicted octanol–water partition coefficient (Wildman–Crippen LogP) is -0.171. The molecule has 11 heteroatoms. The first-order chi connectivity index (χ1) is 16.2.